The van der Waals surface area contributed by atoms with Crippen LogP contribution in [0.25, 0.3) is 77.2 Å². The van der Waals surface area contributed by atoms with Crippen molar-refractivity contribution in [2.75, 3.05) is 4.90 Å². The maximum absolute atomic E-state index is 2.49. The van der Waals surface area contributed by atoms with Gasteiger partial charge in [-0.25, -0.2) is 0 Å². The van der Waals surface area contributed by atoms with Gasteiger partial charge in [0, 0.05) is 17.1 Å². The average molecular weight is 890 g/mol. The lowest BCUT2D eigenvalue weighted by Gasteiger charge is -2.34. The summed E-state index contributed by atoms with van der Waals surface area (Å²) in [5, 5.41) is 4.90. The summed E-state index contributed by atoms with van der Waals surface area (Å²) in [6, 6.07) is 105. The minimum absolute atomic E-state index is 0.502. The van der Waals surface area contributed by atoms with Crippen molar-refractivity contribution in [2.24, 2.45) is 0 Å². The number of anilines is 3. The number of nitrogens with zero attached hydrogens (tertiary/aromatic N) is 1. The maximum Gasteiger partial charge on any atom is 0.0713 e. The zero-order valence-corrected chi connectivity index (χ0v) is 38.6. The van der Waals surface area contributed by atoms with E-state index in [2.05, 4.69) is 290 Å². The summed E-state index contributed by atoms with van der Waals surface area (Å²) in [6.45, 7) is 0. The quantitative estimate of drug-likeness (QED) is 0.131. The number of hydrogen-bond donors (Lipinski definition) is 0. The summed E-state index contributed by atoms with van der Waals surface area (Å²) >= 11 is 0. The largest absolute Gasteiger partial charge is 0.310 e. The Hall–Kier alpha value is -9.04. The van der Waals surface area contributed by atoms with E-state index < -0.39 is 5.41 Å². The molecule has 0 unspecified atom stereocenters. The van der Waals surface area contributed by atoms with Gasteiger partial charge in [-0.15, -0.1) is 0 Å². The number of rotatable bonds is 9. The molecule has 0 spiro atoms. The Bertz CT molecular complexity index is 3810. The second-order valence-corrected chi connectivity index (χ2v) is 18.3. The predicted molar refractivity (Wildman–Crippen MR) is 295 cm³/mol. The van der Waals surface area contributed by atoms with Crippen LogP contribution in [0.5, 0.6) is 0 Å². The highest BCUT2D eigenvalue weighted by Gasteiger charge is 2.46. The third kappa shape index (κ3) is 6.70. The first-order valence-electron chi connectivity index (χ1n) is 24.3. The monoisotopic (exact) mass is 889 g/mol. The molecule has 1 heteroatoms. The highest BCUT2D eigenvalue weighted by Crippen LogP contribution is 2.57. The van der Waals surface area contributed by atoms with Crippen LogP contribution in [0.1, 0.15) is 22.3 Å². The van der Waals surface area contributed by atoms with Crippen LogP contribution in [0, 0.1) is 0 Å². The fourth-order valence-electron chi connectivity index (χ4n) is 11.5. The first-order chi connectivity index (χ1) is 34.8. The zero-order chi connectivity index (χ0) is 46.4. The van der Waals surface area contributed by atoms with Crippen LogP contribution in [0.3, 0.4) is 0 Å². The van der Waals surface area contributed by atoms with Crippen molar-refractivity contribution in [2.45, 2.75) is 5.41 Å². The van der Waals surface area contributed by atoms with Gasteiger partial charge in [-0.05, 0) is 136 Å². The molecule has 328 valence electrons. The molecule has 0 saturated heterocycles. The van der Waals surface area contributed by atoms with E-state index >= 15 is 0 Å². The van der Waals surface area contributed by atoms with Gasteiger partial charge in [0.15, 0.2) is 0 Å². The molecule has 70 heavy (non-hydrogen) atoms. The van der Waals surface area contributed by atoms with Gasteiger partial charge >= 0.3 is 0 Å². The lowest BCUT2D eigenvalue weighted by atomic mass is 9.68. The van der Waals surface area contributed by atoms with Gasteiger partial charge < -0.3 is 4.90 Å². The van der Waals surface area contributed by atoms with Crippen molar-refractivity contribution in [1.29, 1.82) is 0 Å². The Morgan fingerprint density at radius 3 is 1.23 bits per heavy atom. The van der Waals surface area contributed by atoms with Gasteiger partial charge in [0.1, 0.15) is 0 Å². The van der Waals surface area contributed by atoms with Gasteiger partial charge in [0.05, 0.1) is 5.41 Å². The highest BCUT2D eigenvalue weighted by molar-refractivity contribution is 6.22. The van der Waals surface area contributed by atoms with Crippen molar-refractivity contribution >= 4 is 38.6 Å². The van der Waals surface area contributed by atoms with Crippen molar-refractivity contribution in [3.63, 3.8) is 0 Å². The summed E-state index contributed by atoms with van der Waals surface area (Å²) in [6.07, 6.45) is 0. The summed E-state index contributed by atoms with van der Waals surface area (Å²) < 4.78 is 0. The fourth-order valence-corrected chi connectivity index (χ4v) is 11.5. The smallest absolute Gasteiger partial charge is 0.0713 e. The number of fused-ring (bicyclic) bond motifs is 6. The minimum atomic E-state index is -0.502. The number of benzene rings is 12. The van der Waals surface area contributed by atoms with Gasteiger partial charge in [-0.2, -0.15) is 0 Å². The summed E-state index contributed by atoms with van der Waals surface area (Å²) in [5.74, 6) is 0. The van der Waals surface area contributed by atoms with E-state index in [1.165, 1.54) is 99.4 Å². The van der Waals surface area contributed by atoms with E-state index in [1.807, 2.05) is 0 Å². The first kappa shape index (κ1) is 41.2. The van der Waals surface area contributed by atoms with Gasteiger partial charge in [-0.3, -0.25) is 0 Å². The first-order valence-corrected chi connectivity index (χ1v) is 24.3. The van der Waals surface area contributed by atoms with Gasteiger partial charge in [-0.1, -0.05) is 249 Å². The SMILES string of the molecule is c1ccc(-c2ccc(N(c3ccc4c(c3)-c3ccccc3C4(c3ccccc3)c3ccccc3)c3ccc4c(c3)c(-c3ccccc3)c(-c3ccccc3)c3ccccc34)cc2-c2ccccc2)cc1. The molecule has 1 nitrogen and oxygen atoms in total. The fraction of sp³-hybridized carbons (Fsp3) is 0.0145. The molecule has 0 radical (unpaired) electrons. The van der Waals surface area contributed by atoms with Crippen molar-refractivity contribution in [3.05, 3.63) is 307 Å². The molecule has 0 heterocycles. The van der Waals surface area contributed by atoms with E-state index in [1.54, 1.807) is 0 Å². The molecule has 0 fully saturated rings. The molecule has 0 N–H and O–H groups in total. The molecular formula is C69H47N. The van der Waals surface area contributed by atoms with Crippen molar-refractivity contribution < 1.29 is 0 Å². The van der Waals surface area contributed by atoms with E-state index in [9.17, 15) is 0 Å². The molecule has 0 amide bonds. The molecule has 12 aromatic carbocycles. The molecule has 1 aliphatic rings. The predicted octanol–water partition coefficient (Wildman–Crippen LogP) is 18.5. The molecule has 0 bridgehead atoms. The van der Waals surface area contributed by atoms with Crippen LogP contribution >= 0.6 is 0 Å². The van der Waals surface area contributed by atoms with Crippen molar-refractivity contribution in [3.8, 4) is 55.6 Å². The Balaban J connectivity index is 1.11. The molecule has 0 saturated carbocycles. The second-order valence-electron chi connectivity index (χ2n) is 18.3. The topological polar surface area (TPSA) is 3.24 Å². The Morgan fingerprint density at radius 1 is 0.229 bits per heavy atom. The van der Waals surface area contributed by atoms with Crippen molar-refractivity contribution in [1.82, 2.24) is 0 Å². The van der Waals surface area contributed by atoms with Crippen LogP contribution in [0.2, 0.25) is 0 Å². The lowest BCUT2D eigenvalue weighted by molar-refractivity contribution is 0.768. The average Bonchev–Trinajstić information content (AvgIpc) is 3.74. The summed E-state index contributed by atoms with van der Waals surface area (Å²) in [7, 11) is 0. The third-order valence-electron chi connectivity index (χ3n) is 14.5. The summed E-state index contributed by atoms with van der Waals surface area (Å²) in [5.41, 5.74) is 19.9. The molecule has 12 aromatic rings. The third-order valence-corrected chi connectivity index (χ3v) is 14.5. The molecule has 13 rings (SSSR count). The maximum atomic E-state index is 2.49. The van der Waals surface area contributed by atoms with Crippen LogP contribution in [-0.4, -0.2) is 0 Å². The van der Waals surface area contributed by atoms with Crippen LogP contribution in [-0.2, 0) is 5.41 Å². The second kappa shape index (κ2) is 17.2. The van der Waals surface area contributed by atoms with Gasteiger partial charge in [0.2, 0.25) is 0 Å². The normalized spacial score (nSPS) is 12.4. The van der Waals surface area contributed by atoms with E-state index in [0.717, 1.165) is 17.1 Å². The Kier molecular flexibility index (Phi) is 10.1. The molecule has 0 aliphatic heterocycles. The van der Waals surface area contributed by atoms with E-state index in [0.29, 0.717) is 0 Å². The Morgan fingerprint density at radius 2 is 0.629 bits per heavy atom. The molecule has 1 aliphatic carbocycles. The number of hydrogen-bond acceptors (Lipinski definition) is 1. The Labute approximate surface area is 409 Å². The van der Waals surface area contributed by atoms with E-state index in [4.69, 9.17) is 0 Å². The van der Waals surface area contributed by atoms with Crippen LogP contribution in [0.4, 0.5) is 17.1 Å². The zero-order valence-electron chi connectivity index (χ0n) is 38.6. The standard InChI is InChI=1S/C69H47N/c1-7-23-48(24-8-1)57-42-39-54(45-62(57)49-25-9-2-10-26-49)70(56-41-44-66-63(46-56)60-36-21-22-38-65(60)69(66,52-31-15-5-16-32-52)53-33-17-6-18-34-53)55-40-43-59-58-35-19-20-37-61(58)67(50-27-11-3-12-28-50)68(64(59)47-55)51-29-13-4-14-30-51/h1-47H. The summed E-state index contributed by atoms with van der Waals surface area (Å²) in [4.78, 5) is 2.49. The van der Waals surface area contributed by atoms with Gasteiger partial charge in [0.25, 0.3) is 0 Å². The molecule has 0 atom stereocenters. The van der Waals surface area contributed by atoms with Crippen LogP contribution < -0.4 is 4.90 Å². The molecular weight excluding hydrogens is 843 g/mol. The highest BCUT2D eigenvalue weighted by atomic mass is 15.1. The van der Waals surface area contributed by atoms with E-state index in [-0.39, 0.29) is 0 Å². The van der Waals surface area contributed by atoms with Crippen LogP contribution in [0.15, 0.2) is 285 Å². The minimum Gasteiger partial charge on any atom is -0.310 e. The molecule has 0 aromatic heterocycles. The lowest BCUT2D eigenvalue weighted by Crippen LogP contribution is -2.28.